The molecule has 0 radical (unpaired) electrons. The molecule has 0 spiro atoms. The summed E-state index contributed by atoms with van der Waals surface area (Å²) in [4.78, 5) is 4.05. The Hall–Kier alpha value is -1.65. The first-order valence-corrected chi connectivity index (χ1v) is 7.20. The molecule has 2 atom stereocenters. The molecule has 0 bridgehead atoms. The summed E-state index contributed by atoms with van der Waals surface area (Å²) < 4.78 is 1.98. The van der Waals surface area contributed by atoms with Gasteiger partial charge in [-0.1, -0.05) is 25.5 Å². The van der Waals surface area contributed by atoms with E-state index in [4.69, 9.17) is 0 Å². The van der Waals surface area contributed by atoms with Crippen LogP contribution in [-0.4, -0.2) is 27.3 Å². The molecule has 0 saturated carbocycles. The fourth-order valence-electron chi connectivity index (χ4n) is 2.21. The highest BCUT2D eigenvalue weighted by Crippen LogP contribution is 2.15. The molecule has 0 aliphatic carbocycles. The highest BCUT2D eigenvalue weighted by atomic mass is 16.3. The number of nitrogens with one attached hydrogen (secondary N) is 1. The summed E-state index contributed by atoms with van der Waals surface area (Å²) in [6, 6.07) is 8.62. The Labute approximate surface area is 120 Å². The number of aliphatic hydroxyl groups excluding tert-OH is 1. The summed E-state index contributed by atoms with van der Waals surface area (Å²) >= 11 is 0. The monoisotopic (exact) mass is 273 g/mol. The molecule has 0 aliphatic rings. The number of imidazole rings is 1. The average molecular weight is 273 g/mol. The molecule has 0 fully saturated rings. The van der Waals surface area contributed by atoms with Crippen LogP contribution in [0.1, 0.15) is 38.3 Å². The van der Waals surface area contributed by atoms with E-state index in [9.17, 15) is 5.11 Å². The zero-order chi connectivity index (χ0) is 14.4. The Morgan fingerprint density at radius 2 is 2.05 bits per heavy atom. The average Bonchev–Trinajstić information content (AvgIpc) is 2.99. The standard InChI is InChI=1S/C16H23N3O/c1-3-4-16(20)11-18-13(2)14-5-7-15(8-6-14)19-10-9-17-12-19/h5-10,12-13,16,18,20H,3-4,11H2,1-2H3. The number of aromatic nitrogens is 2. The van der Waals surface area contributed by atoms with Crippen molar-refractivity contribution in [2.45, 2.75) is 38.8 Å². The Morgan fingerprint density at radius 1 is 1.30 bits per heavy atom. The molecule has 4 nitrogen and oxygen atoms in total. The molecule has 1 aromatic heterocycles. The van der Waals surface area contributed by atoms with E-state index < -0.39 is 0 Å². The molecule has 4 heteroatoms. The lowest BCUT2D eigenvalue weighted by Crippen LogP contribution is -2.28. The minimum Gasteiger partial charge on any atom is -0.392 e. The van der Waals surface area contributed by atoms with Gasteiger partial charge in [0.05, 0.1) is 12.4 Å². The predicted molar refractivity (Wildman–Crippen MR) is 80.9 cm³/mol. The van der Waals surface area contributed by atoms with Crippen molar-refractivity contribution in [3.63, 3.8) is 0 Å². The molecular weight excluding hydrogens is 250 g/mol. The van der Waals surface area contributed by atoms with Crippen LogP contribution in [0.5, 0.6) is 0 Å². The molecule has 108 valence electrons. The second-order valence-electron chi connectivity index (χ2n) is 5.13. The second kappa shape index (κ2) is 7.22. The third kappa shape index (κ3) is 3.92. The molecular formula is C16H23N3O. The van der Waals surface area contributed by atoms with Gasteiger partial charge in [-0.25, -0.2) is 4.98 Å². The zero-order valence-electron chi connectivity index (χ0n) is 12.2. The topological polar surface area (TPSA) is 50.1 Å². The number of nitrogens with zero attached hydrogens (tertiary/aromatic N) is 2. The first kappa shape index (κ1) is 14.8. The van der Waals surface area contributed by atoms with E-state index in [1.165, 1.54) is 5.56 Å². The first-order chi connectivity index (χ1) is 9.70. The number of aliphatic hydroxyl groups is 1. The van der Waals surface area contributed by atoms with Gasteiger partial charge in [-0.3, -0.25) is 0 Å². The summed E-state index contributed by atoms with van der Waals surface area (Å²) in [6.45, 7) is 4.84. The summed E-state index contributed by atoms with van der Waals surface area (Å²) in [5.74, 6) is 0. The van der Waals surface area contributed by atoms with Crippen LogP contribution in [0.3, 0.4) is 0 Å². The smallest absolute Gasteiger partial charge is 0.0991 e. The molecule has 2 unspecified atom stereocenters. The lowest BCUT2D eigenvalue weighted by Gasteiger charge is -2.17. The Morgan fingerprint density at radius 3 is 2.65 bits per heavy atom. The number of hydrogen-bond donors (Lipinski definition) is 2. The van der Waals surface area contributed by atoms with Crippen LogP contribution in [-0.2, 0) is 0 Å². The largest absolute Gasteiger partial charge is 0.392 e. The third-order valence-corrected chi connectivity index (χ3v) is 3.48. The zero-order valence-corrected chi connectivity index (χ0v) is 12.2. The molecule has 1 heterocycles. The SMILES string of the molecule is CCCC(O)CNC(C)c1ccc(-n2ccnc2)cc1. The van der Waals surface area contributed by atoms with Crippen LogP contribution >= 0.6 is 0 Å². The normalized spacial score (nSPS) is 14.2. The molecule has 2 aromatic rings. The maximum absolute atomic E-state index is 9.74. The van der Waals surface area contributed by atoms with Crippen LogP contribution in [0, 0.1) is 0 Å². The van der Waals surface area contributed by atoms with Gasteiger partial charge in [-0.15, -0.1) is 0 Å². The van der Waals surface area contributed by atoms with Crippen LogP contribution < -0.4 is 5.32 Å². The maximum atomic E-state index is 9.74. The Balaban J connectivity index is 1.92. The fraction of sp³-hybridized carbons (Fsp3) is 0.438. The number of rotatable bonds is 7. The maximum Gasteiger partial charge on any atom is 0.0991 e. The van der Waals surface area contributed by atoms with E-state index in [-0.39, 0.29) is 12.1 Å². The summed E-state index contributed by atoms with van der Waals surface area (Å²) in [5, 5.41) is 13.1. The van der Waals surface area contributed by atoms with Crippen molar-refractivity contribution in [1.82, 2.24) is 14.9 Å². The summed E-state index contributed by atoms with van der Waals surface area (Å²) in [5.41, 5.74) is 2.32. The van der Waals surface area contributed by atoms with E-state index in [2.05, 4.69) is 48.4 Å². The number of hydrogen-bond acceptors (Lipinski definition) is 3. The van der Waals surface area contributed by atoms with Crippen molar-refractivity contribution in [2.75, 3.05) is 6.54 Å². The highest BCUT2D eigenvalue weighted by Gasteiger charge is 2.08. The van der Waals surface area contributed by atoms with Gasteiger partial charge in [0.1, 0.15) is 0 Å². The van der Waals surface area contributed by atoms with Crippen LogP contribution in [0.4, 0.5) is 0 Å². The quantitative estimate of drug-likeness (QED) is 0.815. The molecule has 2 rings (SSSR count). The van der Waals surface area contributed by atoms with Gasteiger partial charge in [0.15, 0.2) is 0 Å². The van der Waals surface area contributed by atoms with Crippen LogP contribution in [0.15, 0.2) is 43.0 Å². The molecule has 0 aliphatic heterocycles. The van der Waals surface area contributed by atoms with Gasteiger partial charge < -0.3 is 15.0 Å². The van der Waals surface area contributed by atoms with Crippen molar-refractivity contribution in [3.8, 4) is 5.69 Å². The van der Waals surface area contributed by atoms with E-state index in [0.29, 0.717) is 6.54 Å². The second-order valence-corrected chi connectivity index (χ2v) is 5.13. The van der Waals surface area contributed by atoms with Gasteiger partial charge >= 0.3 is 0 Å². The molecule has 1 aromatic carbocycles. The van der Waals surface area contributed by atoms with Crippen molar-refractivity contribution < 1.29 is 5.11 Å². The highest BCUT2D eigenvalue weighted by molar-refractivity contribution is 5.35. The van der Waals surface area contributed by atoms with Crippen molar-refractivity contribution in [1.29, 1.82) is 0 Å². The minimum atomic E-state index is -0.257. The number of benzene rings is 1. The minimum absolute atomic E-state index is 0.235. The Bertz CT molecular complexity index is 493. The van der Waals surface area contributed by atoms with Crippen molar-refractivity contribution in [3.05, 3.63) is 48.5 Å². The van der Waals surface area contributed by atoms with E-state index >= 15 is 0 Å². The van der Waals surface area contributed by atoms with E-state index in [1.807, 2.05) is 10.8 Å². The van der Waals surface area contributed by atoms with Crippen molar-refractivity contribution in [2.24, 2.45) is 0 Å². The molecule has 20 heavy (non-hydrogen) atoms. The fourth-order valence-corrected chi connectivity index (χ4v) is 2.21. The van der Waals surface area contributed by atoms with Crippen LogP contribution in [0.2, 0.25) is 0 Å². The molecule has 0 saturated heterocycles. The summed E-state index contributed by atoms with van der Waals surface area (Å²) in [7, 11) is 0. The van der Waals surface area contributed by atoms with Gasteiger partial charge in [-0.2, -0.15) is 0 Å². The lowest BCUT2D eigenvalue weighted by atomic mass is 10.1. The van der Waals surface area contributed by atoms with E-state index in [1.54, 1.807) is 12.5 Å². The van der Waals surface area contributed by atoms with Gasteiger partial charge in [0, 0.05) is 30.7 Å². The predicted octanol–water partition coefficient (Wildman–Crippen LogP) is 2.68. The molecule has 0 amide bonds. The van der Waals surface area contributed by atoms with Gasteiger partial charge in [0.25, 0.3) is 0 Å². The first-order valence-electron chi connectivity index (χ1n) is 7.20. The Kier molecular flexibility index (Phi) is 5.32. The van der Waals surface area contributed by atoms with Gasteiger partial charge in [0.2, 0.25) is 0 Å². The van der Waals surface area contributed by atoms with Crippen molar-refractivity contribution >= 4 is 0 Å². The van der Waals surface area contributed by atoms with E-state index in [0.717, 1.165) is 18.5 Å². The lowest BCUT2D eigenvalue weighted by molar-refractivity contribution is 0.157. The third-order valence-electron chi connectivity index (χ3n) is 3.48. The van der Waals surface area contributed by atoms with Crippen LogP contribution in [0.25, 0.3) is 5.69 Å². The van der Waals surface area contributed by atoms with Gasteiger partial charge in [-0.05, 0) is 31.0 Å². The summed E-state index contributed by atoms with van der Waals surface area (Å²) in [6.07, 6.45) is 7.09. The molecule has 2 N–H and O–H groups in total.